The lowest BCUT2D eigenvalue weighted by Gasteiger charge is -2.40. The molecule has 117 heavy (non-hydrogen) atoms. The molecule has 0 heterocycles. The van der Waals surface area contributed by atoms with Gasteiger partial charge in [-0.05, 0) is 82.3 Å². The Morgan fingerprint density at radius 2 is 0.521 bits per heavy atom. The van der Waals surface area contributed by atoms with Gasteiger partial charge in [-0.2, -0.15) is 158 Å². The summed E-state index contributed by atoms with van der Waals surface area (Å²) in [5.74, 6) is -10.0. The van der Waals surface area contributed by atoms with E-state index in [0.717, 1.165) is 0 Å². The fourth-order valence-electron chi connectivity index (χ4n) is 7.54. The van der Waals surface area contributed by atoms with Gasteiger partial charge in [0, 0.05) is 12.8 Å². The van der Waals surface area contributed by atoms with Crippen LogP contribution in [-0.2, 0) is 0 Å². The van der Waals surface area contributed by atoms with E-state index in [1.165, 1.54) is 96.9 Å². The SMILES string of the molecule is CC(C)(C)C(C)(C)C(F)(F)F.CC(C)(C)C(C)(C)C(F)(F)F.CC(C)C(C)(C)C(F)(F)F.CC(C)CC(C(F)(F)F)C(F)(F)F.CC(C)[C@@H](C)C(C)C(F)(F)F.CC(C)[C@@H](C)C(C)C(F)(F)F.CCC(C)(C)CC(F)(F)F.CCC(C)[C@@H](C)C(F)(F)F.CCC(CC)CC(F)(F)F.CCCC(C)(C)C(F)(F)F.CC[C@H](C)C(C)C(F)(F)F. The van der Waals surface area contributed by atoms with Crippen molar-refractivity contribution in [1.82, 2.24) is 0 Å². The van der Waals surface area contributed by atoms with E-state index in [9.17, 15) is 158 Å². The molecular formula is C81H148F36. The maximum absolute atomic E-state index is 12.3. The van der Waals surface area contributed by atoms with E-state index in [0.29, 0.717) is 38.5 Å². The summed E-state index contributed by atoms with van der Waals surface area (Å²) >= 11 is 0. The van der Waals surface area contributed by atoms with Gasteiger partial charge in [0.25, 0.3) is 0 Å². The number of rotatable bonds is 18. The summed E-state index contributed by atoms with van der Waals surface area (Å²) in [6, 6.07) is 0. The molecule has 0 nitrogen and oxygen atoms in total. The van der Waals surface area contributed by atoms with Gasteiger partial charge in [-0.15, -0.1) is 0 Å². The molecule has 0 saturated carbocycles. The zero-order chi connectivity index (χ0) is 98.7. The molecule has 0 aliphatic rings. The van der Waals surface area contributed by atoms with E-state index in [2.05, 4.69) is 0 Å². The molecule has 0 fully saturated rings. The van der Waals surface area contributed by atoms with Crippen LogP contribution in [0.5, 0.6) is 0 Å². The minimum Gasteiger partial charge on any atom is -0.171 e. The standard InChI is InChI=1S/4C8H15F3.C7H10F6.6C7H13F3/c2*1-6(2,3)7(4,5)8(9,10)11;2*1-5(2)6(3)7(4)8(9,10)11;1-4(2)3-5(6(8,9)10)7(11,12)13;1-5(2)6(3,4)7(8,9)10;1-4-6(2,3)5-7(8,9)10;1-4-5-6(2,3)7(8,9)10;2*1-4-5(2)6(3)7(8,9)10;1-3-6(4-2)5-7(8,9)10/h2*1-5H3;2*5-7H,1-4H3;4-5H,3H2,1-2H3;5H,1-4H3;2*4-5H2,1-3H3;2*5-6H,4H2,1-3H3;6H,3-5H2,1-2H3/t;;2*6-,7?;;;;;5?,6-;5-,6?;/m..11....10./s1. The van der Waals surface area contributed by atoms with Crippen molar-refractivity contribution in [2.24, 2.45) is 121 Å². The second-order valence-electron chi connectivity index (χ2n) is 36.6. The van der Waals surface area contributed by atoms with Crippen LogP contribution in [0.1, 0.15) is 327 Å². The topological polar surface area (TPSA) is 0 Å². The molecule has 36 heteroatoms. The van der Waals surface area contributed by atoms with Gasteiger partial charge in [0.1, 0.15) is 0 Å². The van der Waals surface area contributed by atoms with E-state index in [1.807, 2.05) is 27.7 Å². The highest BCUT2D eigenvalue weighted by Crippen LogP contribution is 2.52. The second kappa shape index (κ2) is 53.7. The molecule has 0 spiro atoms. The molecule has 724 valence electrons. The van der Waals surface area contributed by atoms with Gasteiger partial charge >= 0.3 is 74.1 Å². The van der Waals surface area contributed by atoms with E-state index < -0.39 is 167 Å². The minimum atomic E-state index is -5.19. The summed E-state index contributed by atoms with van der Waals surface area (Å²) in [5.41, 5.74) is -8.41. The van der Waals surface area contributed by atoms with E-state index in [-0.39, 0.29) is 53.8 Å². The summed E-state index contributed by atoms with van der Waals surface area (Å²) in [6.45, 7) is 57.8. The van der Waals surface area contributed by atoms with Crippen molar-refractivity contribution in [2.45, 2.75) is 401 Å². The monoisotopic (exact) mass is 1810 g/mol. The van der Waals surface area contributed by atoms with Gasteiger partial charge in [0.2, 0.25) is 0 Å². The molecule has 0 bridgehead atoms. The van der Waals surface area contributed by atoms with Crippen LogP contribution in [-0.4, -0.2) is 74.1 Å². The predicted molar refractivity (Wildman–Crippen MR) is 400 cm³/mol. The molecule has 4 unspecified atom stereocenters. The van der Waals surface area contributed by atoms with Crippen LogP contribution < -0.4 is 0 Å². The largest absolute Gasteiger partial charge is 0.400 e. The number of halogens is 36. The van der Waals surface area contributed by atoms with Crippen molar-refractivity contribution >= 4 is 0 Å². The average Bonchev–Trinajstić information content (AvgIpc) is 0.792. The molecule has 0 amide bonds. The lowest BCUT2D eigenvalue weighted by atomic mass is 9.69. The van der Waals surface area contributed by atoms with Gasteiger partial charge < -0.3 is 0 Å². The smallest absolute Gasteiger partial charge is 0.171 e. The Balaban J connectivity index is -0.000000117. The molecule has 0 aromatic rings. The summed E-state index contributed by atoms with van der Waals surface area (Å²) in [7, 11) is 0. The van der Waals surface area contributed by atoms with Crippen molar-refractivity contribution in [3.05, 3.63) is 0 Å². The van der Waals surface area contributed by atoms with Crippen LogP contribution in [0.4, 0.5) is 158 Å². The van der Waals surface area contributed by atoms with Gasteiger partial charge in [0.15, 0.2) is 5.92 Å². The fraction of sp³-hybridized carbons (Fsp3) is 1.00. The number of alkyl halides is 36. The van der Waals surface area contributed by atoms with Crippen LogP contribution in [0.15, 0.2) is 0 Å². The first-order valence-corrected chi connectivity index (χ1v) is 38.9. The fourth-order valence-corrected chi connectivity index (χ4v) is 7.54. The Bertz CT molecular complexity index is 2250. The second-order valence-corrected chi connectivity index (χ2v) is 36.6. The normalized spacial score (nSPS) is 15.8. The van der Waals surface area contributed by atoms with Gasteiger partial charge in [-0.25, -0.2) is 0 Å². The van der Waals surface area contributed by atoms with Crippen LogP contribution in [0.25, 0.3) is 0 Å². The molecular weight excluding hydrogens is 1660 g/mol. The van der Waals surface area contributed by atoms with E-state index in [4.69, 9.17) is 0 Å². The summed E-state index contributed by atoms with van der Waals surface area (Å²) in [4.78, 5) is 0. The predicted octanol–water partition coefficient (Wildman–Crippen LogP) is 37.8. The van der Waals surface area contributed by atoms with Crippen LogP contribution in [0, 0.1) is 121 Å². The van der Waals surface area contributed by atoms with E-state index in [1.54, 1.807) is 138 Å². The molecule has 0 aromatic carbocycles. The van der Waals surface area contributed by atoms with E-state index >= 15 is 0 Å². The lowest BCUT2D eigenvalue weighted by Crippen LogP contribution is -2.43. The van der Waals surface area contributed by atoms with Crippen LogP contribution >= 0.6 is 0 Å². The molecule has 0 N–H and O–H groups in total. The molecule has 0 aliphatic heterocycles. The van der Waals surface area contributed by atoms with Gasteiger partial charge in [0.05, 0.1) is 45.3 Å². The first kappa shape index (κ1) is 138. The highest BCUT2D eigenvalue weighted by Gasteiger charge is 2.58. The minimum absolute atomic E-state index is 0.0895. The Morgan fingerprint density at radius 1 is 0.274 bits per heavy atom. The maximum Gasteiger partial charge on any atom is 0.400 e. The Hall–Kier alpha value is -2.52. The Morgan fingerprint density at radius 3 is 0.573 bits per heavy atom. The summed E-state index contributed by atoms with van der Waals surface area (Å²) in [6.07, 6.45) is -49.3. The zero-order valence-corrected chi connectivity index (χ0v) is 76.3. The third-order valence-electron chi connectivity index (χ3n) is 22.5. The Labute approximate surface area is 678 Å². The highest BCUT2D eigenvalue weighted by molar-refractivity contribution is 4.90. The van der Waals surface area contributed by atoms with Crippen molar-refractivity contribution in [2.75, 3.05) is 0 Å². The van der Waals surface area contributed by atoms with Crippen LogP contribution in [0.3, 0.4) is 0 Å². The Kier molecular flexibility index (Phi) is 63.2. The maximum atomic E-state index is 12.3. The van der Waals surface area contributed by atoms with Crippen LogP contribution in [0.2, 0.25) is 0 Å². The molecule has 0 radical (unpaired) electrons. The van der Waals surface area contributed by atoms with Gasteiger partial charge in [-0.1, -0.05) is 302 Å². The quantitative estimate of drug-likeness (QED) is 0.120. The third kappa shape index (κ3) is 64.8. The van der Waals surface area contributed by atoms with Gasteiger partial charge in [-0.3, -0.25) is 0 Å². The molecule has 0 rings (SSSR count). The van der Waals surface area contributed by atoms with Crippen molar-refractivity contribution < 1.29 is 158 Å². The van der Waals surface area contributed by atoms with Crippen molar-refractivity contribution in [1.29, 1.82) is 0 Å². The summed E-state index contributed by atoms with van der Waals surface area (Å²) in [5, 5.41) is 0. The highest BCUT2D eigenvalue weighted by atomic mass is 19.5. The molecule has 8 atom stereocenters. The average molecular weight is 1810 g/mol. The zero-order valence-electron chi connectivity index (χ0n) is 76.3. The number of hydrogen-bond donors (Lipinski definition) is 0. The van der Waals surface area contributed by atoms with Crippen molar-refractivity contribution in [3.63, 3.8) is 0 Å². The molecule has 0 aliphatic carbocycles. The molecule has 0 aromatic heterocycles. The summed E-state index contributed by atoms with van der Waals surface area (Å²) < 4.78 is 431. The first-order valence-electron chi connectivity index (χ1n) is 38.9. The number of hydrogen-bond acceptors (Lipinski definition) is 0. The first-order chi connectivity index (χ1) is 50.1. The molecule has 0 saturated heterocycles. The van der Waals surface area contributed by atoms with Crippen molar-refractivity contribution in [3.8, 4) is 0 Å². The third-order valence-corrected chi connectivity index (χ3v) is 22.5. The lowest BCUT2D eigenvalue weighted by molar-refractivity contribution is -0.287.